The van der Waals surface area contributed by atoms with E-state index in [1.165, 1.54) is 56.6 Å². The highest BCUT2D eigenvalue weighted by molar-refractivity contribution is 5.91. The van der Waals surface area contributed by atoms with Crippen molar-refractivity contribution in [3.63, 3.8) is 0 Å². The fourth-order valence-electron chi connectivity index (χ4n) is 7.52. The molecule has 194 valence electrons. The lowest BCUT2D eigenvalue weighted by molar-refractivity contribution is -0.0188. The van der Waals surface area contributed by atoms with E-state index in [4.69, 9.17) is 18.9 Å². The van der Waals surface area contributed by atoms with Gasteiger partial charge in [-0.3, -0.25) is 4.98 Å². The lowest BCUT2D eigenvalue weighted by Crippen LogP contribution is -2.48. The van der Waals surface area contributed by atoms with Crippen LogP contribution >= 0.6 is 0 Å². The summed E-state index contributed by atoms with van der Waals surface area (Å²) in [6.45, 7) is 1.30. The number of rotatable bonds is 9. The van der Waals surface area contributed by atoms with Crippen molar-refractivity contribution in [3.8, 4) is 17.0 Å². The van der Waals surface area contributed by atoms with Gasteiger partial charge in [0.25, 0.3) is 0 Å². The number of benzene rings is 2. The smallest absolute Gasteiger partial charge is 0.339 e. The number of ether oxygens (including phenoxy) is 4. The minimum atomic E-state index is -0.378. The molecule has 2 aromatic carbocycles. The lowest BCUT2D eigenvalue weighted by Gasteiger charge is -2.57. The zero-order chi connectivity index (χ0) is 25.4. The Morgan fingerprint density at radius 1 is 0.919 bits per heavy atom. The van der Waals surface area contributed by atoms with Crippen LogP contribution in [0.4, 0.5) is 0 Å². The maximum atomic E-state index is 11.8. The first-order valence-corrected chi connectivity index (χ1v) is 13.4. The number of hydrogen-bond donors (Lipinski definition) is 0. The molecule has 0 aliphatic heterocycles. The van der Waals surface area contributed by atoms with Crippen LogP contribution < -0.4 is 4.74 Å². The van der Waals surface area contributed by atoms with Gasteiger partial charge in [0.15, 0.2) is 6.79 Å². The summed E-state index contributed by atoms with van der Waals surface area (Å²) in [6, 6.07) is 14.6. The number of carbonyl (C=O) groups is 1. The van der Waals surface area contributed by atoms with E-state index in [0.29, 0.717) is 18.8 Å². The quantitative estimate of drug-likeness (QED) is 0.199. The van der Waals surface area contributed by atoms with E-state index in [0.717, 1.165) is 40.1 Å². The third-order valence-corrected chi connectivity index (χ3v) is 8.76. The Morgan fingerprint density at radius 2 is 1.68 bits per heavy atom. The molecule has 7 rings (SSSR count). The Labute approximate surface area is 218 Å². The summed E-state index contributed by atoms with van der Waals surface area (Å²) in [5.41, 5.74) is 3.85. The molecule has 0 atom stereocenters. The van der Waals surface area contributed by atoms with Crippen molar-refractivity contribution in [3.05, 3.63) is 59.8 Å². The highest BCUT2D eigenvalue weighted by atomic mass is 16.7. The molecule has 0 radical (unpaired) electrons. The predicted octanol–water partition coefficient (Wildman–Crippen LogP) is 6.16. The number of nitrogens with zero attached hydrogens (tertiary/aromatic N) is 1. The molecule has 6 nitrogen and oxygen atoms in total. The largest absolute Gasteiger partial charge is 0.467 e. The summed E-state index contributed by atoms with van der Waals surface area (Å²) in [5, 5.41) is 2.32. The van der Waals surface area contributed by atoms with Crippen molar-refractivity contribution in [2.45, 2.75) is 43.9 Å². The molecule has 4 aliphatic carbocycles. The maximum absolute atomic E-state index is 11.8. The van der Waals surface area contributed by atoms with E-state index < -0.39 is 0 Å². The summed E-state index contributed by atoms with van der Waals surface area (Å²) < 4.78 is 21.9. The molecule has 4 bridgehead atoms. The van der Waals surface area contributed by atoms with E-state index in [2.05, 4.69) is 35.3 Å². The highest BCUT2D eigenvalue weighted by Gasteiger charge is 2.52. The number of methoxy groups -OCH3 is 2. The van der Waals surface area contributed by atoms with E-state index >= 15 is 0 Å². The van der Waals surface area contributed by atoms with Gasteiger partial charge in [0.2, 0.25) is 0 Å². The number of esters is 1. The summed E-state index contributed by atoms with van der Waals surface area (Å²) in [6.07, 6.45) is 9.58. The number of fused-ring (bicyclic) bond motifs is 1. The van der Waals surface area contributed by atoms with E-state index in [-0.39, 0.29) is 18.2 Å². The Bertz CT molecular complexity index is 1250. The van der Waals surface area contributed by atoms with E-state index in [1.807, 2.05) is 6.07 Å². The first kappa shape index (κ1) is 24.4. The minimum absolute atomic E-state index is 0.196. The average Bonchev–Trinajstić information content (AvgIpc) is 2.91. The summed E-state index contributed by atoms with van der Waals surface area (Å²) in [4.78, 5) is 16.3. The van der Waals surface area contributed by atoms with Gasteiger partial charge in [0, 0.05) is 24.4 Å². The van der Waals surface area contributed by atoms with Crippen LogP contribution in [0.15, 0.2) is 48.7 Å². The lowest BCUT2D eigenvalue weighted by atomic mass is 9.48. The van der Waals surface area contributed by atoms with E-state index in [1.54, 1.807) is 19.4 Å². The number of hydrogen-bond acceptors (Lipinski definition) is 6. The van der Waals surface area contributed by atoms with Crippen molar-refractivity contribution < 1.29 is 23.7 Å². The summed E-state index contributed by atoms with van der Waals surface area (Å²) in [5.74, 6) is 3.11. The molecule has 0 spiro atoms. The molecule has 4 aliphatic rings. The Morgan fingerprint density at radius 3 is 2.32 bits per heavy atom. The van der Waals surface area contributed by atoms with Gasteiger partial charge in [-0.1, -0.05) is 12.1 Å². The molecule has 6 heteroatoms. The topological polar surface area (TPSA) is 66.9 Å². The SMILES string of the molecule is COCCOCOc1cc2ccc(-c3ccc(C(=O)OC)cn3)cc2cc1C12CC3CC(CC(C3)C1)C2. The van der Waals surface area contributed by atoms with Gasteiger partial charge in [0.05, 0.1) is 31.6 Å². The molecule has 0 saturated heterocycles. The standard InChI is InChI=1S/C31H35NO5/c1-34-7-8-36-19-37-29-14-23-3-4-24(28-6-5-25(18-32-28)30(33)35-2)12-26(23)13-27(29)31-15-20-9-21(16-31)11-22(10-20)17-31/h3-6,12-14,18,20-22H,7-11,15-17,19H2,1-2H3. The van der Waals surface area contributed by atoms with Gasteiger partial charge in [0.1, 0.15) is 5.75 Å². The summed E-state index contributed by atoms with van der Waals surface area (Å²) >= 11 is 0. The third kappa shape index (κ3) is 4.73. The van der Waals surface area contributed by atoms with Crippen LogP contribution in [0.5, 0.6) is 5.75 Å². The van der Waals surface area contributed by atoms with Crippen LogP contribution in [0, 0.1) is 17.8 Å². The second-order valence-corrected chi connectivity index (χ2v) is 11.2. The molecule has 4 fully saturated rings. The van der Waals surface area contributed by atoms with Crippen molar-refractivity contribution in [2.24, 2.45) is 17.8 Å². The first-order chi connectivity index (χ1) is 18.1. The van der Waals surface area contributed by atoms with Gasteiger partial charge in [-0.2, -0.15) is 0 Å². The molecule has 1 heterocycles. The molecule has 0 amide bonds. The molecule has 3 aromatic rings. The molecule has 4 saturated carbocycles. The molecule has 0 unspecified atom stereocenters. The van der Waals surface area contributed by atoms with Crippen LogP contribution in [0.2, 0.25) is 0 Å². The Kier molecular flexibility index (Phi) is 6.63. The molecule has 1 aromatic heterocycles. The van der Waals surface area contributed by atoms with Crippen molar-refractivity contribution in [1.29, 1.82) is 0 Å². The maximum Gasteiger partial charge on any atom is 0.339 e. The predicted molar refractivity (Wildman–Crippen MR) is 142 cm³/mol. The first-order valence-electron chi connectivity index (χ1n) is 13.4. The van der Waals surface area contributed by atoms with Crippen molar-refractivity contribution in [1.82, 2.24) is 4.98 Å². The van der Waals surface area contributed by atoms with Crippen LogP contribution in [0.3, 0.4) is 0 Å². The number of carbonyl (C=O) groups excluding carboxylic acids is 1. The minimum Gasteiger partial charge on any atom is -0.467 e. The van der Waals surface area contributed by atoms with E-state index in [9.17, 15) is 4.79 Å². The molecular weight excluding hydrogens is 466 g/mol. The van der Waals surface area contributed by atoms with Gasteiger partial charge >= 0.3 is 5.97 Å². The normalized spacial score (nSPS) is 25.9. The zero-order valence-electron chi connectivity index (χ0n) is 21.7. The third-order valence-electron chi connectivity index (χ3n) is 8.76. The van der Waals surface area contributed by atoms with Crippen LogP contribution in [-0.2, 0) is 19.6 Å². The summed E-state index contributed by atoms with van der Waals surface area (Å²) in [7, 11) is 3.06. The van der Waals surface area contributed by atoms with Gasteiger partial charge < -0.3 is 18.9 Å². The second-order valence-electron chi connectivity index (χ2n) is 11.2. The Hall–Kier alpha value is -2.96. The Balaban J connectivity index is 1.36. The monoisotopic (exact) mass is 501 g/mol. The van der Waals surface area contributed by atoms with Gasteiger partial charge in [-0.25, -0.2) is 4.79 Å². The molecule has 37 heavy (non-hydrogen) atoms. The molecule has 0 N–H and O–H groups in total. The van der Waals surface area contributed by atoms with Gasteiger partial charge in [-0.05, 0) is 103 Å². The zero-order valence-corrected chi connectivity index (χ0v) is 21.7. The average molecular weight is 502 g/mol. The van der Waals surface area contributed by atoms with Crippen LogP contribution in [-0.4, -0.2) is 45.2 Å². The van der Waals surface area contributed by atoms with Gasteiger partial charge in [-0.15, -0.1) is 0 Å². The number of pyridine rings is 1. The van der Waals surface area contributed by atoms with Crippen molar-refractivity contribution in [2.75, 3.05) is 34.2 Å². The fourth-order valence-corrected chi connectivity index (χ4v) is 7.52. The van der Waals surface area contributed by atoms with Crippen LogP contribution in [0.1, 0.15) is 54.4 Å². The van der Waals surface area contributed by atoms with Crippen molar-refractivity contribution >= 4 is 16.7 Å². The number of aromatic nitrogens is 1. The fraction of sp³-hybridized carbons (Fsp3) is 0.484. The highest BCUT2D eigenvalue weighted by Crippen LogP contribution is 2.62. The second kappa shape index (κ2) is 10.1. The molecular formula is C31H35NO5. The van der Waals surface area contributed by atoms with Crippen LogP contribution in [0.25, 0.3) is 22.0 Å².